The van der Waals surface area contributed by atoms with Crippen LogP contribution in [0.3, 0.4) is 0 Å². The average Bonchev–Trinajstić information content (AvgIpc) is 3.44. The molecule has 178 valence electrons. The molecule has 0 spiro atoms. The molecule has 3 aromatic rings. The summed E-state index contributed by atoms with van der Waals surface area (Å²) in [6, 6.07) is 16.8. The predicted octanol–water partition coefficient (Wildman–Crippen LogP) is 4.42. The van der Waals surface area contributed by atoms with Gasteiger partial charge in [-0.2, -0.15) is 0 Å². The maximum Gasteiger partial charge on any atom is 0.337 e. The van der Waals surface area contributed by atoms with Crippen LogP contribution in [0.15, 0.2) is 70.0 Å². The van der Waals surface area contributed by atoms with Crippen LogP contribution in [0.5, 0.6) is 5.75 Å². The summed E-state index contributed by atoms with van der Waals surface area (Å²) in [5.41, 5.74) is 1.56. The zero-order valence-corrected chi connectivity index (χ0v) is 19.6. The summed E-state index contributed by atoms with van der Waals surface area (Å²) in [5, 5.41) is 2.09. The van der Waals surface area contributed by atoms with E-state index in [4.69, 9.17) is 9.15 Å². The lowest BCUT2D eigenvalue weighted by molar-refractivity contribution is -0.127. The topological polar surface area (TPSA) is 115 Å². The number of hydrogen-bond acceptors (Lipinski definition) is 8. The number of carbonyl (C=O) groups is 4. The van der Waals surface area contributed by atoms with E-state index in [0.717, 1.165) is 22.2 Å². The maximum atomic E-state index is 12.8. The Morgan fingerprint density at radius 1 is 1.03 bits per heavy atom. The van der Waals surface area contributed by atoms with Crippen LogP contribution < -0.4 is 10.1 Å². The van der Waals surface area contributed by atoms with Gasteiger partial charge in [-0.3, -0.25) is 19.3 Å². The highest BCUT2D eigenvalue weighted by atomic mass is 32.2. The fourth-order valence-corrected chi connectivity index (χ4v) is 4.14. The number of furan rings is 1. The Hall–Kier alpha value is -4.31. The molecule has 35 heavy (non-hydrogen) atoms. The second-order valence-electron chi connectivity index (χ2n) is 7.29. The van der Waals surface area contributed by atoms with Gasteiger partial charge in [-0.15, -0.1) is 0 Å². The first-order valence-electron chi connectivity index (χ1n) is 10.4. The van der Waals surface area contributed by atoms with Gasteiger partial charge in [0.25, 0.3) is 11.1 Å². The first kappa shape index (κ1) is 23.8. The number of anilines is 1. The summed E-state index contributed by atoms with van der Waals surface area (Å²) in [6.07, 6.45) is 1.45. The van der Waals surface area contributed by atoms with Crippen molar-refractivity contribution in [3.8, 4) is 17.1 Å². The molecule has 0 aliphatic carbocycles. The number of hydrogen-bond donors (Lipinski definition) is 1. The van der Waals surface area contributed by atoms with Crippen LogP contribution in [-0.2, 0) is 14.3 Å². The van der Waals surface area contributed by atoms with E-state index >= 15 is 0 Å². The quantitative estimate of drug-likeness (QED) is 0.381. The standard InChI is InChI=1S/C25H20N2O7S/c1-32-20-6-4-3-5-18(20)26-22(28)14-27-23(29)21(35-25(27)31)13-17-11-12-19(34-17)15-7-9-16(10-8-15)24(30)33-2/h3-13H,14H2,1-2H3,(H,26,28)/b21-13+. The van der Waals surface area contributed by atoms with Crippen molar-refractivity contribution in [1.82, 2.24) is 4.90 Å². The number of methoxy groups -OCH3 is 2. The summed E-state index contributed by atoms with van der Waals surface area (Å²) in [5.74, 6) is -0.221. The monoisotopic (exact) mass is 492 g/mol. The summed E-state index contributed by atoms with van der Waals surface area (Å²) in [7, 11) is 2.78. The van der Waals surface area contributed by atoms with Crippen LogP contribution in [0.1, 0.15) is 16.1 Å². The zero-order valence-electron chi connectivity index (χ0n) is 18.8. The number of benzene rings is 2. The molecule has 1 fully saturated rings. The minimum atomic E-state index is -0.587. The number of thioether (sulfide) groups is 1. The smallest absolute Gasteiger partial charge is 0.337 e. The molecule has 1 aromatic heterocycles. The van der Waals surface area contributed by atoms with E-state index in [1.165, 1.54) is 20.3 Å². The summed E-state index contributed by atoms with van der Waals surface area (Å²) >= 11 is 0.728. The van der Waals surface area contributed by atoms with Gasteiger partial charge in [0.05, 0.1) is 30.4 Å². The van der Waals surface area contributed by atoms with E-state index in [1.54, 1.807) is 60.7 Å². The van der Waals surface area contributed by atoms with Crippen molar-refractivity contribution in [2.45, 2.75) is 0 Å². The number of imide groups is 1. The summed E-state index contributed by atoms with van der Waals surface area (Å²) in [6.45, 7) is -0.435. The molecule has 2 aromatic carbocycles. The fraction of sp³-hybridized carbons (Fsp3) is 0.120. The van der Waals surface area contributed by atoms with Crippen LogP contribution >= 0.6 is 11.8 Å². The van der Waals surface area contributed by atoms with Crippen LogP contribution in [0, 0.1) is 0 Å². The van der Waals surface area contributed by atoms with Gasteiger partial charge in [0.1, 0.15) is 23.8 Å². The molecule has 0 atom stereocenters. The minimum absolute atomic E-state index is 0.141. The second-order valence-corrected chi connectivity index (χ2v) is 8.28. The zero-order chi connectivity index (χ0) is 24.9. The molecule has 0 radical (unpaired) electrons. The van der Waals surface area contributed by atoms with Crippen molar-refractivity contribution in [3.05, 3.63) is 76.9 Å². The van der Waals surface area contributed by atoms with E-state index in [-0.39, 0.29) is 4.91 Å². The number of nitrogens with one attached hydrogen (secondary N) is 1. The van der Waals surface area contributed by atoms with Gasteiger partial charge in [-0.05, 0) is 48.2 Å². The molecule has 1 aliphatic heterocycles. The Morgan fingerprint density at radius 3 is 2.49 bits per heavy atom. The van der Waals surface area contributed by atoms with Gasteiger partial charge < -0.3 is 19.2 Å². The minimum Gasteiger partial charge on any atom is -0.495 e. The van der Waals surface area contributed by atoms with Crippen molar-refractivity contribution < 1.29 is 33.1 Å². The molecule has 0 unspecified atom stereocenters. The maximum absolute atomic E-state index is 12.8. The largest absolute Gasteiger partial charge is 0.495 e. The molecule has 1 saturated heterocycles. The Labute approximate surface area is 204 Å². The highest BCUT2D eigenvalue weighted by molar-refractivity contribution is 8.18. The first-order chi connectivity index (χ1) is 16.9. The van der Waals surface area contributed by atoms with E-state index in [9.17, 15) is 19.2 Å². The first-order valence-corrected chi connectivity index (χ1v) is 11.2. The van der Waals surface area contributed by atoms with E-state index in [0.29, 0.717) is 28.5 Å². The van der Waals surface area contributed by atoms with Gasteiger partial charge in [-0.1, -0.05) is 24.3 Å². The molecule has 4 rings (SSSR count). The van der Waals surface area contributed by atoms with E-state index in [1.807, 2.05) is 0 Å². The second kappa shape index (κ2) is 10.3. The summed E-state index contributed by atoms with van der Waals surface area (Å²) < 4.78 is 15.7. The fourth-order valence-electron chi connectivity index (χ4n) is 3.32. The Balaban J connectivity index is 1.44. The normalized spacial score (nSPS) is 14.3. The van der Waals surface area contributed by atoms with Crippen LogP contribution in [-0.4, -0.2) is 48.7 Å². The third kappa shape index (κ3) is 5.28. The molecular formula is C25H20N2O7S. The number of esters is 1. The SMILES string of the molecule is COC(=O)c1ccc(-c2ccc(/C=C3/SC(=O)N(CC(=O)Nc4ccccc4OC)C3=O)o2)cc1. The van der Waals surface area contributed by atoms with E-state index in [2.05, 4.69) is 10.1 Å². The van der Waals surface area contributed by atoms with Crippen molar-refractivity contribution in [2.24, 2.45) is 0 Å². The lowest BCUT2D eigenvalue weighted by atomic mass is 10.1. The van der Waals surface area contributed by atoms with Crippen molar-refractivity contribution >= 4 is 46.5 Å². The van der Waals surface area contributed by atoms with Crippen molar-refractivity contribution in [1.29, 1.82) is 0 Å². The molecule has 10 heteroatoms. The lowest BCUT2D eigenvalue weighted by Gasteiger charge is -2.14. The highest BCUT2D eigenvalue weighted by Crippen LogP contribution is 2.33. The number of amides is 3. The van der Waals surface area contributed by atoms with E-state index < -0.39 is 29.6 Å². The van der Waals surface area contributed by atoms with Gasteiger partial charge in [-0.25, -0.2) is 4.79 Å². The number of rotatable bonds is 7. The average molecular weight is 493 g/mol. The molecule has 0 saturated carbocycles. The van der Waals surface area contributed by atoms with Gasteiger partial charge in [0, 0.05) is 11.6 Å². The van der Waals surface area contributed by atoms with Crippen molar-refractivity contribution in [3.63, 3.8) is 0 Å². The van der Waals surface area contributed by atoms with Crippen molar-refractivity contribution in [2.75, 3.05) is 26.1 Å². The number of carbonyl (C=O) groups excluding carboxylic acids is 4. The van der Waals surface area contributed by atoms with Gasteiger partial charge >= 0.3 is 5.97 Å². The molecule has 3 amide bonds. The van der Waals surface area contributed by atoms with Gasteiger partial charge in [0.15, 0.2) is 0 Å². The Morgan fingerprint density at radius 2 is 1.77 bits per heavy atom. The third-order valence-corrected chi connectivity index (χ3v) is 5.95. The third-order valence-electron chi connectivity index (χ3n) is 5.05. The molecular weight excluding hydrogens is 472 g/mol. The lowest BCUT2D eigenvalue weighted by Crippen LogP contribution is -2.36. The molecule has 1 N–H and O–H groups in total. The van der Waals surface area contributed by atoms with Crippen LogP contribution in [0.25, 0.3) is 17.4 Å². The Bertz CT molecular complexity index is 1330. The molecule has 2 heterocycles. The highest BCUT2D eigenvalue weighted by Gasteiger charge is 2.36. The number of para-hydroxylation sites is 2. The van der Waals surface area contributed by atoms with Gasteiger partial charge in [0.2, 0.25) is 5.91 Å². The van der Waals surface area contributed by atoms with Crippen LogP contribution in [0.4, 0.5) is 10.5 Å². The molecule has 0 bridgehead atoms. The number of ether oxygens (including phenoxy) is 2. The van der Waals surface area contributed by atoms with Crippen LogP contribution in [0.2, 0.25) is 0 Å². The Kier molecular flexibility index (Phi) is 7.02. The number of nitrogens with zero attached hydrogens (tertiary/aromatic N) is 1. The predicted molar refractivity (Wildman–Crippen MR) is 130 cm³/mol. The molecule has 9 nitrogen and oxygen atoms in total. The molecule has 1 aliphatic rings. The summed E-state index contributed by atoms with van der Waals surface area (Å²) in [4.78, 5) is 50.2.